The molecule has 2 aromatic rings. The lowest BCUT2D eigenvalue weighted by Crippen LogP contribution is -2.46. The van der Waals surface area contributed by atoms with Crippen molar-refractivity contribution < 1.29 is 18.3 Å². The highest BCUT2D eigenvalue weighted by Gasteiger charge is 2.38. The van der Waals surface area contributed by atoms with Crippen molar-refractivity contribution in [2.45, 2.75) is 50.2 Å². The Labute approximate surface area is 173 Å². The average Bonchev–Trinajstić information content (AvgIpc) is 3.44. The Morgan fingerprint density at radius 3 is 2.57 bits per heavy atom. The van der Waals surface area contributed by atoms with Crippen LogP contribution in [0.15, 0.2) is 18.2 Å². The van der Waals surface area contributed by atoms with Crippen LogP contribution in [0.1, 0.15) is 48.3 Å². The first kappa shape index (κ1) is 19.6. The molecule has 3 aliphatic rings. The molecule has 0 bridgehead atoms. The van der Waals surface area contributed by atoms with Crippen LogP contribution in [-0.4, -0.2) is 52.9 Å². The molecule has 2 fully saturated rings. The van der Waals surface area contributed by atoms with Crippen molar-refractivity contribution in [2.75, 3.05) is 31.6 Å². The van der Waals surface area contributed by atoms with Crippen molar-refractivity contribution in [1.29, 1.82) is 0 Å². The summed E-state index contributed by atoms with van der Waals surface area (Å²) in [5.41, 5.74) is 2.23. The number of benzene rings is 1. The summed E-state index contributed by atoms with van der Waals surface area (Å²) >= 11 is 0. The van der Waals surface area contributed by atoms with Gasteiger partial charge in [-0.1, -0.05) is 0 Å². The minimum Gasteiger partial charge on any atom is -0.507 e. The smallest absolute Gasteiger partial charge is 0.416 e. The molecule has 1 saturated heterocycles. The van der Waals surface area contributed by atoms with Crippen LogP contribution in [0, 0.1) is 0 Å². The number of phenols is 1. The lowest BCUT2D eigenvalue weighted by molar-refractivity contribution is -0.137. The standard InChI is InChI=1S/C22H25F3N4O/c1-28-9-2-3-15(12-28)29-10-8-17-19(13-4-5-13)20(26-27-21(17)29)16-7-6-14(11-18(16)30)22(23,24)25/h6-7,11,13,15,30H,2-5,8-10,12H2,1H3/t15-/m1/s1. The van der Waals surface area contributed by atoms with Gasteiger partial charge in [0.05, 0.1) is 5.56 Å². The summed E-state index contributed by atoms with van der Waals surface area (Å²) in [7, 11) is 2.14. The summed E-state index contributed by atoms with van der Waals surface area (Å²) in [5, 5.41) is 19.4. The fraction of sp³-hybridized carbons (Fsp3) is 0.545. The third kappa shape index (κ3) is 3.41. The topological polar surface area (TPSA) is 52.5 Å². The number of phenolic OH excluding ortho intramolecular Hbond substituents is 1. The van der Waals surface area contributed by atoms with E-state index in [0.717, 1.165) is 80.8 Å². The number of piperidine rings is 1. The highest BCUT2D eigenvalue weighted by atomic mass is 19.4. The van der Waals surface area contributed by atoms with Gasteiger partial charge in [0, 0.05) is 30.3 Å². The summed E-state index contributed by atoms with van der Waals surface area (Å²) in [4.78, 5) is 4.70. The highest BCUT2D eigenvalue weighted by Crippen LogP contribution is 2.50. The zero-order valence-electron chi connectivity index (χ0n) is 16.9. The second-order valence-corrected chi connectivity index (χ2v) is 8.77. The summed E-state index contributed by atoms with van der Waals surface area (Å²) in [6, 6.07) is 3.52. The lowest BCUT2D eigenvalue weighted by Gasteiger charge is -2.36. The molecule has 1 saturated carbocycles. The minimum absolute atomic E-state index is 0.330. The second kappa shape index (κ2) is 7.11. The summed E-state index contributed by atoms with van der Waals surface area (Å²) in [5.74, 6) is 0.872. The molecule has 3 heterocycles. The van der Waals surface area contributed by atoms with Gasteiger partial charge < -0.3 is 14.9 Å². The first-order valence-corrected chi connectivity index (χ1v) is 10.6. The molecule has 0 radical (unpaired) electrons. The fourth-order valence-corrected chi connectivity index (χ4v) is 4.96. The van der Waals surface area contributed by atoms with E-state index in [2.05, 4.69) is 27.0 Å². The molecule has 1 aromatic carbocycles. The van der Waals surface area contributed by atoms with E-state index in [9.17, 15) is 18.3 Å². The van der Waals surface area contributed by atoms with Gasteiger partial charge in [-0.3, -0.25) is 0 Å². The SMILES string of the molecule is CN1CCC[C@@H](N2CCc3c2nnc(-c2ccc(C(F)(F)F)cc2O)c3C2CC2)C1. The second-order valence-electron chi connectivity index (χ2n) is 8.77. The first-order chi connectivity index (χ1) is 14.3. The van der Waals surface area contributed by atoms with Crippen molar-refractivity contribution in [3.8, 4) is 17.0 Å². The maximum Gasteiger partial charge on any atom is 0.416 e. The predicted octanol–water partition coefficient (Wildman–Crippen LogP) is 4.20. The third-order valence-corrected chi connectivity index (χ3v) is 6.58. The number of aromatic nitrogens is 2. The molecular formula is C22H25F3N4O. The highest BCUT2D eigenvalue weighted by molar-refractivity contribution is 5.75. The number of fused-ring (bicyclic) bond motifs is 1. The Balaban J connectivity index is 1.55. The van der Waals surface area contributed by atoms with Gasteiger partial charge in [-0.25, -0.2) is 0 Å². The van der Waals surface area contributed by atoms with E-state index in [1.165, 1.54) is 6.07 Å². The van der Waals surface area contributed by atoms with E-state index < -0.39 is 17.5 Å². The number of likely N-dealkylation sites (tertiary alicyclic amines) is 1. The van der Waals surface area contributed by atoms with E-state index in [1.54, 1.807) is 0 Å². The van der Waals surface area contributed by atoms with Crippen LogP contribution in [0.4, 0.5) is 19.0 Å². The van der Waals surface area contributed by atoms with Crippen LogP contribution in [0.5, 0.6) is 5.75 Å². The first-order valence-electron chi connectivity index (χ1n) is 10.6. The Morgan fingerprint density at radius 2 is 1.90 bits per heavy atom. The van der Waals surface area contributed by atoms with E-state index in [1.807, 2.05) is 0 Å². The largest absolute Gasteiger partial charge is 0.507 e. The van der Waals surface area contributed by atoms with Gasteiger partial charge in [-0.2, -0.15) is 13.2 Å². The zero-order chi connectivity index (χ0) is 21.0. The van der Waals surface area contributed by atoms with Crippen LogP contribution in [0.3, 0.4) is 0 Å². The van der Waals surface area contributed by atoms with Gasteiger partial charge in [-0.15, -0.1) is 10.2 Å². The molecule has 2 aliphatic heterocycles. The Bertz CT molecular complexity index is 974. The van der Waals surface area contributed by atoms with E-state index in [-0.39, 0.29) is 0 Å². The zero-order valence-corrected chi connectivity index (χ0v) is 16.9. The van der Waals surface area contributed by atoms with Crippen LogP contribution in [0.25, 0.3) is 11.3 Å². The maximum absolute atomic E-state index is 13.0. The Hall–Kier alpha value is -2.35. The number of hydrogen-bond donors (Lipinski definition) is 1. The van der Waals surface area contributed by atoms with Gasteiger partial charge in [0.1, 0.15) is 11.4 Å². The van der Waals surface area contributed by atoms with Crippen molar-refractivity contribution in [3.63, 3.8) is 0 Å². The van der Waals surface area contributed by atoms with Gasteiger partial charge >= 0.3 is 6.18 Å². The Morgan fingerprint density at radius 1 is 1.10 bits per heavy atom. The Kier molecular flexibility index (Phi) is 4.65. The number of halogens is 3. The molecular weight excluding hydrogens is 393 g/mol. The van der Waals surface area contributed by atoms with Gasteiger partial charge in [-0.05, 0) is 75.4 Å². The van der Waals surface area contributed by atoms with E-state index in [4.69, 9.17) is 0 Å². The molecule has 8 heteroatoms. The molecule has 5 nitrogen and oxygen atoms in total. The molecule has 0 spiro atoms. The minimum atomic E-state index is -4.49. The quantitative estimate of drug-likeness (QED) is 0.810. The molecule has 160 valence electrons. The van der Waals surface area contributed by atoms with Crippen LogP contribution < -0.4 is 4.90 Å². The van der Waals surface area contributed by atoms with E-state index >= 15 is 0 Å². The van der Waals surface area contributed by atoms with Crippen molar-refractivity contribution in [1.82, 2.24) is 15.1 Å². The van der Waals surface area contributed by atoms with Crippen molar-refractivity contribution in [2.24, 2.45) is 0 Å². The molecule has 0 amide bonds. The molecule has 1 aromatic heterocycles. The summed E-state index contributed by atoms with van der Waals surface area (Å²) < 4.78 is 39.0. The summed E-state index contributed by atoms with van der Waals surface area (Å²) in [6.07, 6.45) is 0.744. The number of hydrogen-bond acceptors (Lipinski definition) is 5. The summed E-state index contributed by atoms with van der Waals surface area (Å²) in [6.45, 7) is 3.01. The fourth-order valence-electron chi connectivity index (χ4n) is 4.96. The van der Waals surface area contributed by atoms with Crippen molar-refractivity contribution >= 4 is 5.82 Å². The van der Waals surface area contributed by atoms with Crippen LogP contribution >= 0.6 is 0 Å². The van der Waals surface area contributed by atoms with Gasteiger partial charge in [0.25, 0.3) is 0 Å². The number of alkyl halides is 3. The normalized spacial score (nSPS) is 22.4. The van der Waals surface area contributed by atoms with E-state index in [0.29, 0.717) is 23.2 Å². The number of likely N-dealkylation sites (N-methyl/N-ethyl adjacent to an activating group) is 1. The molecule has 1 aliphatic carbocycles. The number of aromatic hydroxyl groups is 1. The number of nitrogens with zero attached hydrogens (tertiary/aromatic N) is 4. The van der Waals surface area contributed by atoms with Gasteiger partial charge in [0.15, 0.2) is 5.82 Å². The lowest BCUT2D eigenvalue weighted by atomic mass is 9.96. The molecule has 30 heavy (non-hydrogen) atoms. The number of anilines is 1. The number of rotatable bonds is 3. The van der Waals surface area contributed by atoms with Crippen molar-refractivity contribution in [3.05, 3.63) is 34.9 Å². The monoisotopic (exact) mass is 418 g/mol. The van der Waals surface area contributed by atoms with Crippen LogP contribution in [0.2, 0.25) is 0 Å². The maximum atomic E-state index is 13.0. The third-order valence-electron chi connectivity index (χ3n) is 6.58. The molecule has 5 rings (SSSR count). The van der Waals surface area contributed by atoms with Gasteiger partial charge in [0.2, 0.25) is 0 Å². The molecule has 0 unspecified atom stereocenters. The predicted molar refractivity (Wildman–Crippen MR) is 108 cm³/mol. The average molecular weight is 418 g/mol. The van der Waals surface area contributed by atoms with Crippen LogP contribution in [-0.2, 0) is 12.6 Å². The molecule has 1 atom stereocenters. The molecule has 1 N–H and O–H groups in total.